The van der Waals surface area contributed by atoms with E-state index in [2.05, 4.69) is 67.5 Å². The normalized spacial score (nSPS) is 32.0. The lowest BCUT2D eigenvalue weighted by Crippen LogP contribution is -2.72. The van der Waals surface area contributed by atoms with Crippen molar-refractivity contribution in [2.75, 3.05) is 13.7 Å². The van der Waals surface area contributed by atoms with Crippen LogP contribution in [0.3, 0.4) is 0 Å². The summed E-state index contributed by atoms with van der Waals surface area (Å²) in [6.45, 7) is 2.48. The summed E-state index contributed by atoms with van der Waals surface area (Å²) in [5.74, 6) is 0. The average molecular weight is 285 g/mol. The van der Waals surface area contributed by atoms with Crippen molar-refractivity contribution in [3.63, 3.8) is 0 Å². The quantitative estimate of drug-likeness (QED) is 0.798. The van der Waals surface area contributed by atoms with Crippen molar-refractivity contribution in [2.45, 2.75) is 50.1 Å². The third kappa shape index (κ3) is 2.25. The standard InChI is InChI=1S/C19H27NO/c1-3-4-10-19(16-21)15-18(20(19)2)13-11-17(12-14-18)8-6-5-7-9-17/h6-9,11-14,21H,3-5,10,15-16H2,1-2H3. The molecule has 1 heterocycles. The molecule has 0 bridgehead atoms. The van der Waals surface area contributed by atoms with Crippen molar-refractivity contribution in [3.05, 3.63) is 48.6 Å². The molecular formula is C19H27NO. The molecule has 3 aliphatic rings. The lowest BCUT2D eigenvalue weighted by Gasteiger charge is -2.63. The van der Waals surface area contributed by atoms with Crippen LogP contribution in [0.4, 0.5) is 0 Å². The van der Waals surface area contributed by atoms with Gasteiger partial charge in [-0.3, -0.25) is 4.90 Å². The van der Waals surface area contributed by atoms with Crippen molar-refractivity contribution in [2.24, 2.45) is 5.41 Å². The van der Waals surface area contributed by atoms with Crippen LogP contribution in [0.25, 0.3) is 0 Å². The Morgan fingerprint density at radius 3 is 2.24 bits per heavy atom. The van der Waals surface area contributed by atoms with Gasteiger partial charge >= 0.3 is 0 Å². The van der Waals surface area contributed by atoms with E-state index in [0.29, 0.717) is 0 Å². The van der Waals surface area contributed by atoms with Crippen LogP contribution in [0.2, 0.25) is 0 Å². The zero-order valence-corrected chi connectivity index (χ0v) is 13.3. The third-order valence-corrected chi connectivity index (χ3v) is 5.64. The van der Waals surface area contributed by atoms with Crippen molar-refractivity contribution < 1.29 is 5.11 Å². The fourth-order valence-corrected chi connectivity index (χ4v) is 4.05. The van der Waals surface area contributed by atoms with Crippen LogP contribution in [-0.4, -0.2) is 34.7 Å². The summed E-state index contributed by atoms with van der Waals surface area (Å²) >= 11 is 0. The minimum absolute atomic E-state index is 0.00871. The molecule has 1 atom stereocenters. The summed E-state index contributed by atoms with van der Waals surface area (Å²) in [4.78, 5) is 2.38. The first kappa shape index (κ1) is 14.8. The minimum atomic E-state index is -0.0204. The zero-order valence-electron chi connectivity index (χ0n) is 13.3. The van der Waals surface area contributed by atoms with Crippen molar-refractivity contribution in [1.82, 2.24) is 4.90 Å². The maximum absolute atomic E-state index is 9.88. The molecule has 2 aliphatic carbocycles. The monoisotopic (exact) mass is 285 g/mol. The van der Waals surface area contributed by atoms with Gasteiger partial charge in [-0.15, -0.1) is 0 Å². The predicted molar refractivity (Wildman–Crippen MR) is 88.1 cm³/mol. The number of aliphatic hydroxyl groups excluding tert-OH is 1. The third-order valence-electron chi connectivity index (χ3n) is 5.64. The molecule has 0 amide bonds. The Morgan fingerprint density at radius 2 is 1.71 bits per heavy atom. The van der Waals surface area contributed by atoms with Crippen LogP contribution in [0.15, 0.2) is 48.6 Å². The highest BCUT2D eigenvalue weighted by atomic mass is 16.3. The van der Waals surface area contributed by atoms with Gasteiger partial charge in [0.05, 0.1) is 12.1 Å². The molecular weight excluding hydrogens is 258 g/mol. The number of aliphatic hydroxyl groups is 1. The Hall–Kier alpha value is -1.12. The number of likely N-dealkylation sites (N-methyl/N-ethyl adjacent to an activating group) is 1. The number of hydrogen-bond acceptors (Lipinski definition) is 2. The average Bonchev–Trinajstić information content (AvgIpc) is 2.54. The maximum Gasteiger partial charge on any atom is 0.0616 e. The van der Waals surface area contributed by atoms with Crippen molar-refractivity contribution in [1.29, 1.82) is 0 Å². The first-order chi connectivity index (χ1) is 10.1. The molecule has 3 rings (SSSR count). The van der Waals surface area contributed by atoms with Crippen LogP contribution >= 0.6 is 0 Å². The van der Waals surface area contributed by atoms with Crippen LogP contribution < -0.4 is 0 Å². The van der Waals surface area contributed by atoms with E-state index >= 15 is 0 Å². The number of rotatable bonds is 4. The highest BCUT2D eigenvalue weighted by molar-refractivity contribution is 5.43. The molecule has 1 fully saturated rings. The molecule has 0 saturated carbocycles. The molecule has 21 heavy (non-hydrogen) atoms. The second-order valence-electron chi connectivity index (χ2n) is 6.92. The first-order valence-electron chi connectivity index (χ1n) is 8.21. The van der Waals surface area contributed by atoms with E-state index in [1.807, 2.05) is 0 Å². The molecule has 0 aromatic rings. The molecule has 2 nitrogen and oxygen atoms in total. The van der Waals surface area contributed by atoms with E-state index in [9.17, 15) is 5.11 Å². The Balaban J connectivity index is 1.76. The van der Waals surface area contributed by atoms with Gasteiger partial charge in [-0.25, -0.2) is 0 Å². The lowest BCUT2D eigenvalue weighted by molar-refractivity contribution is -0.109. The smallest absolute Gasteiger partial charge is 0.0616 e. The molecule has 0 radical (unpaired) electrons. The van der Waals surface area contributed by atoms with Gasteiger partial charge in [0.25, 0.3) is 0 Å². The maximum atomic E-state index is 9.88. The highest BCUT2D eigenvalue weighted by Crippen LogP contribution is 2.51. The van der Waals surface area contributed by atoms with Gasteiger partial charge < -0.3 is 5.11 Å². The molecule has 114 valence electrons. The van der Waals surface area contributed by atoms with E-state index in [0.717, 1.165) is 19.3 Å². The number of hydrogen-bond donors (Lipinski definition) is 1. The summed E-state index contributed by atoms with van der Waals surface area (Å²) in [5.41, 5.74) is -0.0144. The summed E-state index contributed by atoms with van der Waals surface area (Å²) in [7, 11) is 2.16. The molecule has 1 aliphatic heterocycles. The van der Waals surface area contributed by atoms with Crippen LogP contribution in [0, 0.1) is 5.41 Å². The number of nitrogens with zero attached hydrogens (tertiary/aromatic N) is 1. The molecule has 1 unspecified atom stereocenters. The summed E-state index contributed by atoms with van der Waals surface area (Å²) < 4.78 is 0. The number of allylic oxidation sites excluding steroid dienone is 6. The molecule has 2 spiro atoms. The van der Waals surface area contributed by atoms with Gasteiger partial charge in [0, 0.05) is 11.0 Å². The molecule has 1 saturated heterocycles. The molecule has 1 N–H and O–H groups in total. The van der Waals surface area contributed by atoms with E-state index in [4.69, 9.17) is 0 Å². The van der Waals surface area contributed by atoms with Crippen LogP contribution in [-0.2, 0) is 0 Å². The van der Waals surface area contributed by atoms with Crippen molar-refractivity contribution in [3.8, 4) is 0 Å². The predicted octanol–water partition coefficient (Wildman–Crippen LogP) is 3.61. The second-order valence-corrected chi connectivity index (χ2v) is 6.92. The topological polar surface area (TPSA) is 23.5 Å². The fourth-order valence-electron chi connectivity index (χ4n) is 4.05. The summed E-state index contributed by atoms with van der Waals surface area (Å²) in [5, 5.41) is 9.88. The van der Waals surface area contributed by atoms with Gasteiger partial charge in [-0.1, -0.05) is 68.4 Å². The molecule has 0 aromatic carbocycles. The number of likely N-dealkylation sites (tertiary alicyclic amines) is 1. The van der Waals surface area contributed by atoms with E-state index < -0.39 is 0 Å². The van der Waals surface area contributed by atoms with E-state index in [1.54, 1.807) is 0 Å². The SMILES string of the molecule is CCCCC1(CO)CC2(C=CC3(C=CCC=C3)C=C2)N1C. The second kappa shape index (κ2) is 5.26. The Labute approximate surface area is 128 Å². The fraction of sp³-hybridized carbons (Fsp3) is 0.579. The zero-order chi connectivity index (χ0) is 15.0. The highest BCUT2D eigenvalue weighted by Gasteiger charge is 2.57. The molecule has 0 aromatic heterocycles. The van der Waals surface area contributed by atoms with E-state index in [-0.39, 0.29) is 23.1 Å². The minimum Gasteiger partial charge on any atom is -0.394 e. The Morgan fingerprint density at radius 1 is 1.05 bits per heavy atom. The molecule has 2 heteroatoms. The lowest BCUT2D eigenvalue weighted by atomic mass is 9.63. The Bertz CT molecular complexity index is 486. The van der Waals surface area contributed by atoms with Gasteiger partial charge in [-0.05, 0) is 26.3 Å². The van der Waals surface area contributed by atoms with Gasteiger partial charge in [0.1, 0.15) is 0 Å². The van der Waals surface area contributed by atoms with Gasteiger partial charge in [0.15, 0.2) is 0 Å². The van der Waals surface area contributed by atoms with E-state index in [1.165, 1.54) is 12.8 Å². The number of unbranched alkanes of at least 4 members (excludes halogenated alkanes) is 1. The van der Waals surface area contributed by atoms with Gasteiger partial charge in [-0.2, -0.15) is 0 Å². The summed E-state index contributed by atoms with van der Waals surface area (Å²) in [6, 6.07) is 0. The summed E-state index contributed by atoms with van der Waals surface area (Å²) in [6.07, 6.45) is 23.9. The first-order valence-corrected chi connectivity index (χ1v) is 8.21. The van der Waals surface area contributed by atoms with Crippen LogP contribution in [0.1, 0.15) is 39.0 Å². The Kier molecular flexibility index (Phi) is 3.71. The van der Waals surface area contributed by atoms with Crippen molar-refractivity contribution >= 4 is 0 Å². The van der Waals surface area contributed by atoms with Crippen LogP contribution in [0.5, 0.6) is 0 Å². The van der Waals surface area contributed by atoms with Gasteiger partial charge in [0.2, 0.25) is 0 Å². The largest absolute Gasteiger partial charge is 0.394 e.